The molecule has 7 heteroatoms. The minimum absolute atomic E-state index is 0.226. The number of hydrogen-bond donors (Lipinski definition) is 1. The third-order valence-electron chi connectivity index (χ3n) is 6.07. The predicted octanol–water partition coefficient (Wildman–Crippen LogP) is 4.42. The number of carbonyl (C=O) groups excluding carboxylic acids is 2. The molecule has 7 nitrogen and oxygen atoms in total. The molecule has 35 heavy (non-hydrogen) atoms. The second-order valence-corrected chi connectivity index (χ2v) is 8.17. The van der Waals surface area contributed by atoms with Crippen molar-refractivity contribution >= 4 is 28.9 Å². The van der Waals surface area contributed by atoms with Crippen molar-refractivity contribution in [3.63, 3.8) is 0 Å². The molecule has 1 unspecified atom stereocenters. The highest BCUT2D eigenvalue weighted by Crippen LogP contribution is 2.36. The molecule has 0 aromatic heterocycles. The van der Waals surface area contributed by atoms with Gasteiger partial charge in [0.15, 0.2) is 0 Å². The molecule has 3 aromatic carbocycles. The van der Waals surface area contributed by atoms with E-state index in [2.05, 4.69) is 10.3 Å². The fraction of sp³-hybridized carbons (Fsp3) is 0.250. The number of hydrogen-bond acceptors (Lipinski definition) is 5. The van der Waals surface area contributed by atoms with Gasteiger partial charge in [0, 0.05) is 25.1 Å². The van der Waals surface area contributed by atoms with Crippen LogP contribution in [0.5, 0.6) is 0 Å². The number of amides is 2. The molecule has 4 rings (SSSR count). The summed E-state index contributed by atoms with van der Waals surface area (Å²) in [4.78, 5) is 27.6. The van der Waals surface area contributed by atoms with Gasteiger partial charge in [-0.3, -0.25) is 14.6 Å². The molecule has 0 aliphatic carbocycles. The fourth-order valence-corrected chi connectivity index (χ4v) is 4.37. The Morgan fingerprint density at radius 2 is 1.40 bits per heavy atom. The molecule has 0 spiro atoms. The van der Waals surface area contributed by atoms with Gasteiger partial charge in [-0.1, -0.05) is 87.5 Å². The maximum atomic E-state index is 14.5. The van der Waals surface area contributed by atoms with Gasteiger partial charge in [0.2, 0.25) is 5.91 Å². The molecule has 180 valence electrons. The normalized spacial score (nSPS) is 17.4. The van der Waals surface area contributed by atoms with Crippen LogP contribution in [0, 0.1) is 0 Å². The number of rotatable bonds is 9. The number of nitrogens with one attached hydrogen (secondary N) is 1. The van der Waals surface area contributed by atoms with E-state index in [-0.39, 0.29) is 18.2 Å². The van der Waals surface area contributed by atoms with Gasteiger partial charge in [0.05, 0.1) is 11.4 Å². The van der Waals surface area contributed by atoms with E-state index in [4.69, 9.17) is 5.10 Å². The number of hydrazone groups is 1. The fourth-order valence-electron chi connectivity index (χ4n) is 4.37. The molecule has 1 aliphatic rings. The minimum atomic E-state index is -1.59. The zero-order chi connectivity index (χ0) is 24.8. The lowest BCUT2D eigenvalue weighted by Crippen LogP contribution is -2.74. The average molecular weight is 470 g/mol. The number of hydrazine groups is 1. The first-order valence-electron chi connectivity index (χ1n) is 12.0. The van der Waals surface area contributed by atoms with Crippen molar-refractivity contribution in [3.8, 4) is 0 Å². The summed E-state index contributed by atoms with van der Waals surface area (Å²) in [7, 11) is 0. The molecule has 1 atom stereocenters. The van der Waals surface area contributed by atoms with Crippen LogP contribution in [0.25, 0.3) is 0 Å². The molecule has 2 amide bonds. The van der Waals surface area contributed by atoms with Crippen LogP contribution in [-0.2, 0) is 9.59 Å². The monoisotopic (exact) mass is 469 g/mol. The molecule has 0 bridgehead atoms. The average Bonchev–Trinajstić information content (AvgIpc) is 3.20. The summed E-state index contributed by atoms with van der Waals surface area (Å²) in [5, 5.41) is 13.3. The topological polar surface area (TPSA) is 68.2 Å². The van der Waals surface area contributed by atoms with Gasteiger partial charge in [0.1, 0.15) is 5.71 Å². The van der Waals surface area contributed by atoms with Gasteiger partial charge < -0.3 is 5.32 Å². The Morgan fingerprint density at radius 3 is 1.94 bits per heavy atom. The summed E-state index contributed by atoms with van der Waals surface area (Å²) in [5.74, 6) is -0.593. The third kappa shape index (κ3) is 4.42. The Morgan fingerprint density at radius 1 is 0.857 bits per heavy atom. The number of benzene rings is 3. The molecule has 0 saturated carbocycles. The molecular weight excluding hydrogens is 438 g/mol. The standard InChI is InChI=1S/C28H31N5O2/c1-4-25(34)29-28(33(31(5-2)6-3)24-20-14-9-15-21-24)26(22-16-10-7-11-17-22)30-32(27(28)35)23-18-12-8-13-19-23/h7-21H,4-6H2,1-3H3,(H,29,34). The van der Waals surface area contributed by atoms with E-state index in [1.807, 2.05) is 110 Å². The van der Waals surface area contributed by atoms with Crippen LogP contribution in [0.2, 0.25) is 0 Å². The number of para-hydroxylation sites is 2. The Bertz CT molecular complexity index is 1180. The molecule has 1 N–H and O–H groups in total. The first-order valence-corrected chi connectivity index (χ1v) is 12.0. The van der Waals surface area contributed by atoms with Gasteiger partial charge in [0.25, 0.3) is 5.66 Å². The van der Waals surface area contributed by atoms with E-state index in [0.717, 1.165) is 11.3 Å². The number of nitrogens with zero attached hydrogens (tertiary/aromatic N) is 4. The molecular formula is C28H31N5O2. The highest BCUT2D eigenvalue weighted by Gasteiger charge is 2.59. The summed E-state index contributed by atoms with van der Waals surface area (Å²) in [6.07, 6.45) is 0.226. The summed E-state index contributed by atoms with van der Waals surface area (Å²) >= 11 is 0. The Kier molecular flexibility index (Phi) is 7.27. The van der Waals surface area contributed by atoms with Crippen LogP contribution in [0.1, 0.15) is 32.8 Å². The second-order valence-electron chi connectivity index (χ2n) is 8.17. The smallest absolute Gasteiger partial charge is 0.302 e. The second kappa shape index (κ2) is 10.5. The highest BCUT2D eigenvalue weighted by atomic mass is 16.2. The summed E-state index contributed by atoms with van der Waals surface area (Å²) < 4.78 is 0. The van der Waals surface area contributed by atoms with Gasteiger partial charge >= 0.3 is 5.91 Å². The largest absolute Gasteiger partial charge is 0.319 e. The van der Waals surface area contributed by atoms with Crippen molar-refractivity contribution in [2.24, 2.45) is 5.10 Å². The summed E-state index contributed by atoms with van der Waals surface area (Å²) in [6.45, 7) is 7.08. The van der Waals surface area contributed by atoms with Crippen molar-refractivity contribution < 1.29 is 9.59 Å². The summed E-state index contributed by atoms with van der Waals surface area (Å²) in [5.41, 5.74) is 1.04. The molecule has 0 saturated heterocycles. The minimum Gasteiger partial charge on any atom is -0.319 e. The molecule has 0 fully saturated rings. The van der Waals surface area contributed by atoms with Crippen molar-refractivity contribution in [2.75, 3.05) is 23.1 Å². The first-order chi connectivity index (χ1) is 17.1. The van der Waals surface area contributed by atoms with Gasteiger partial charge in [-0.2, -0.15) is 10.1 Å². The maximum absolute atomic E-state index is 14.5. The lowest BCUT2D eigenvalue weighted by atomic mass is 9.94. The molecule has 0 radical (unpaired) electrons. The SMILES string of the molecule is CCC(=O)NC1(N(c2ccccc2)N(CC)CC)C(=O)N(c2ccccc2)N=C1c1ccccc1. The zero-order valence-corrected chi connectivity index (χ0v) is 20.4. The first kappa shape index (κ1) is 24.2. The predicted molar refractivity (Wildman–Crippen MR) is 140 cm³/mol. The highest BCUT2D eigenvalue weighted by molar-refractivity contribution is 6.31. The van der Waals surface area contributed by atoms with Crippen molar-refractivity contribution in [2.45, 2.75) is 32.9 Å². The Balaban J connectivity index is 2.03. The van der Waals surface area contributed by atoms with Gasteiger partial charge in [-0.25, -0.2) is 5.01 Å². The van der Waals surface area contributed by atoms with Gasteiger partial charge in [-0.05, 0) is 24.3 Å². The molecule has 1 heterocycles. The molecule has 1 aliphatic heterocycles. The van der Waals surface area contributed by atoms with Gasteiger partial charge in [-0.15, -0.1) is 0 Å². The lowest BCUT2D eigenvalue weighted by molar-refractivity contribution is -0.129. The molecule has 3 aromatic rings. The number of carbonyl (C=O) groups is 2. The van der Waals surface area contributed by atoms with E-state index < -0.39 is 5.66 Å². The van der Waals surface area contributed by atoms with Crippen LogP contribution in [-0.4, -0.2) is 41.3 Å². The van der Waals surface area contributed by atoms with E-state index in [1.54, 1.807) is 6.92 Å². The van der Waals surface area contributed by atoms with Crippen LogP contribution in [0.15, 0.2) is 96.1 Å². The quantitative estimate of drug-likeness (QED) is 0.372. The number of anilines is 2. The lowest BCUT2D eigenvalue weighted by Gasteiger charge is -2.47. The Labute approximate surface area is 206 Å². The van der Waals surface area contributed by atoms with Crippen LogP contribution in [0.4, 0.5) is 11.4 Å². The van der Waals surface area contributed by atoms with Crippen molar-refractivity contribution in [3.05, 3.63) is 96.6 Å². The van der Waals surface area contributed by atoms with Crippen molar-refractivity contribution in [1.82, 2.24) is 10.3 Å². The Hall–Kier alpha value is -3.97. The van der Waals surface area contributed by atoms with E-state index in [1.165, 1.54) is 5.01 Å². The van der Waals surface area contributed by atoms with Crippen LogP contribution < -0.4 is 15.3 Å². The van der Waals surface area contributed by atoms with Crippen molar-refractivity contribution in [1.29, 1.82) is 0 Å². The summed E-state index contributed by atoms with van der Waals surface area (Å²) in [6, 6.07) is 28.5. The van der Waals surface area contributed by atoms with E-state index in [9.17, 15) is 9.59 Å². The maximum Gasteiger partial charge on any atom is 0.302 e. The van der Waals surface area contributed by atoms with Crippen LogP contribution >= 0.6 is 0 Å². The van der Waals surface area contributed by atoms with E-state index >= 15 is 0 Å². The third-order valence-corrected chi connectivity index (χ3v) is 6.07. The van der Waals surface area contributed by atoms with Crippen LogP contribution in [0.3, 0.4) is 0 Å². The van der Waals surface area contributed by atoms with E-state index in [0.29, 0.717) is 24.5 Å². The zero-order valence-electron chi connectivity index (χ0n) is 20.4.